The average Bonchev–Trinajstić information content (AvgIpc) is 2.90. The van der Waals surface area contributed by atoms with Gasteiger partial charge in [-0.2, -0.15) is 4.57 Å². The van der Waals surface area contributed by atoms with Gasteiger partial charge in [0.25, 0.3) is 0 Å². The van der Waals surface area contributed by atoms with Crippen LogP contribution in [0.5, 0.6) is 0 Å². The highest BCUT2D eigenvalue weighted by atomic mass is 15.2. The predicted octanol–water partition coefficient (Wildman–Crippen LogP) is 6.54. The standard InChI is InChI=1S/C34H34N3/c1-23-24-14-10-15-27(23)33(2)20-32-34(3,22-37(32)30-17-9-6-12-25(24)30)31-19-11-18-29(36(31)5)26-13-7-8-16-28(26)35(4)21-33/h6-20H,21-22H2,1-5H3/q+1. The number of rotatable bonds is 0. The van der Waals surface area contributed by atoms with E-state index in [-0.39, 0.29) is 10.8 Å². The molecule has 0 spiro atoms. The molecule has 37 heavy (non-hydrogen) atoms. The fraction of sp³-hybridized carbons (Fsp3) is 0.265. The van der Waals surface area contributed by atoms with Crippen LogP contribution < -0.4 is 14.4 Å². The van der Waals surface area contributed by atoms with E-state index in [1.807, 2.05) is 0 Å². The lowest BCUT2D eigenvalue weighted by atomic mass is 9.69. The van der Waals surface area contributed by atoms with Crippen LogP contribution >= 0.6 is 0 Å². The van der Waals surface area contributed by atoms with Crippen molar-refractivity contribution in [3.63, 3.8) is 0 Å². The van der Waals surface area contributed by atoms with Crippen LogP contribution in [0.3, 0.4) is 0 Å². The maximum absolute atomic E-state index is 2.60. The van der Waals surface area contributed by atoms with Gasteiger partial charge in [0.05, 0.1) is 11.3 Å². The summed E-state index contributed by atoms with van der Waals surface area (Å²) >= 11 is 0. The Hall–Kier alpha value is -3.85. The molecule has 0 N–H and O–H groups in total. The Kier molecular flexibility index (Phi) is 4.58. The number of benzene rings is 3. The predicted molar refractivity (Wildman–Crippen MR) is 153 cm³/mol. The van der Waals surface area contributed by atoms with Gasteiger partial charge in [-0.1, -0.05) is 61.5 Å². The molecule has 0 radical (unpaired) electrons. The van der Waals surface area contributed by atoms with Crippen molar-refractivity contribution >= 4 is 11.4 Å². The van der Waals surface area contributed by atoms with E-state index in [0.29, 0.717) is 0 Å². The van der Waals surface area contributed by atoms with E-state index in [4.69, 9.17) is 0 Å². The largest absolute Gasteiger partial charge is 0.373 e. The molecule has 0 amide bonds. The van der Waals surface area contributed by atoms with Crippen LogP contribution in [-0.2, 0) is 17.9 Å². The van der Waals surface area contributed by atoms with Crippen molar-refractivity contribution in [3.05, 3.63) is 114 Å². The zero-order valence-electron chi connectivity index (χ0n) is 22.4. The summed E-state index contributed by atoms with van der Waals surface area (Å²) in [6.07, 6.45) is 2.60. The second-order valence-corrected chi connectivity index (χ2v) is 11.6. The molecular formula is C34H34N3+. The maximum Gasteiger partial charge on any atom is 0.214 e. The van der Waals surface area contributed by atoms with Crippen molar-refractivity contribution < 1.29 is 4.57 Å². The van der Waals surface area contributed by atoms with Crippen LogP contribution in [-0.4, -0.2) is 20.1 Å². The lowest BCUT2D eigenvalue weighted by Gasteiger charge is -2.51. The summed E-state index contributed by atoms with van der Waals surface area (Å²) in [5, 5.41) is 0. The van der Waals surface area contributed by atoms with Gasteiger partial charge in [-0.3, -0.25) is 0 Å². The van der Waals surface area contributed by atoms with Crippen LogP contribution in [0, 0.1) is 6.92 Å². The summed E-state index contributed by atoms with van der Waals surface area (Å²) in [4.78, 5) is 5.03. The second kappa shape index (κ2) is 7.58. The second-order valence-electron chi connectivity index (χ2n) is 11.6. The summed E-state index contributed by atoms with van der Waals surface area (Å²) in [5.41, 5.74) is 13.0. The molecule has 3 aromatic carbocycles. The minimum absolute atomic E-state index is 0.0953. The van der Waals surface area contributed by atoms with E-state index in [9.17, 15) is 0 Å². The number of nitrogens with zero attached hydrogens (tertiary/aromatic N) is 3. The summed E-state index contributed by atoms with van der Waals surface area (Å²) in [5.74, 6) is 0. The van der Waals surface area contributed by atoms with Gasteiger partial charge < -0.3 is 9.80 Å². The zero-order valence-corrected chi connectivity index (χ0v) is 22.4. The Labute approximate surface area is 220 Å². The van der Waals surface area contributed by atoms with Crippen molar-refractivity contribution in [2.24, 2.45) is 7.05 Å². The third-order valence-electron chi connectivity index (χ3n) is 9.17. The third-order valence-corrected chi connectivity index (χ3v) is 9.17. The highest BCUT2D eigenvalue weighted by molar-refractivity contribution is 5.85. The molecule has 0 aliphatic carbocycles. The number of hydrogen-bond donors (Lipinski definition) is 0. The number of para-hydroxylation sites is 2. The van der Waals surface area contributed by atoms with Gasteiger partial charge in [0, 0.05) is 54.6 Å². The van der Waals surface area contributed by atoms with Crippen LogP contribution in [0.25, 0.3) is 22.4 Å². The van der Waals surface area contributed by atoms with E-state index >= 15 is 0 Å². The fourth-order valence-corrected chi connectivity index (χ4v) is 7.36. The maximum atomic E-state index is 2.60. The molecule has 4 heterocycles. The third kappa shape index (κ3) is 2.97. The van der Waals surface area contributed by atoms with Crippen molar-refractivity contribution in [3.8, 4) is 22.4 Å². The van der Waals surface area contributed by atoms with Crippen molar-refractivity contribution in [1.82, 2.24) is 0 Å². The summed E-state index contributed by atoms with van der Waals surface area (Å²) in [7, 11) is 4.49. The first-order chi connectivity index (χ1) is 17.8. The topological polar surface area (TPSA) is 10.4 Å². The molecule has 7 rings (SSSR count). The molecule has 1 saturated heterocycles. The average molecular weight is 485 g/mol. The highest BCUT2D eigenvalue weighted by Gasteiger charge is 2.53. The van der Waals surface area contributed by atoms with Crippen LogP contribution in [0.2, 0.25) is 0 Å². The quantitative estimate of drug-likeness (QED) is 0.263. The first-order valence-corrected chi connectivity index (χ1v) is 13.3. The summed E-state index contributed by atoms with van der Waals surface area (Å²) < 4.78 is 2.43. The fourth-order valence-electron chi connectivity index (χ4n) is 7.36. The highest BCUT2D eigenvalue weighted by Crippen LogP contribution is 2.52. The molecule has 1 aromatic heterocycles. The van der Waals surface area contributed by atoms with E-state index < -0.39 is 0 Å². The Balaban J connectivity index is 1.60. The smallest absolute Gasteiger partial charge is 0.214 e. The minimum atomic E-state index is -0.186. The molecule has 2 unspecified atom stereocenters. The van der Waals surface area contributed by atoms with E-state index in [0.717, 1.165) is 13.1 Å². The van der Waals surface area contributed by atoms with Crippen LogP contribution in [0.4, 0.5) is 11.4 Å². The molecule has 184 valence electrons. The summed E-state index contributed by atoms with van der Waals surface area (Å²) in [6, 6.07) is 31.6. The Morgan fingerprint density at radius 1 is 0.730 bits per heavy atom. The van der Waals surface area contributed by atoms with Gasteiger partial charge in [0.2, 0.25) is 5.69 Å². The molecule has 3 heteroatoms. The first-order valence-electron chi connectivity index (χ1n) is 13.3. The van der Waals surface area contributed by atoms with Crippen molar-refractivity contribution in [2.45, 2.75) is 31.6 Å². The SMILES string of the molecule is Cc1c2cccc1C1(C)C=C3N(CC3(C)c3cccc([n+]3C)-c3ccccc3N(C)C1)c1ccccc1-2. The zero-order chi connectivity index (χ0) is 25.5. The molecule has 1 fully saturated rings. The van der Waals surface area contributed by atoms with Crippen molar-refractivity contribution in [2.75, 3.05) is 29.9 Å². The van der Waals surface area contributed by atoms with Gasteiger partial charge in [0.15, 0.2) is 5.69 Å². The molecule has 3 aliphatic rings. The van der Waals surface area contributed by atoms with Crippen molar-refractivity contribution in [1.29, 1.82) is 0 Å². The lowest BCUT2D eigenvalue weighted by molar-refractivity contribution is -0.671. The Bertz CT molecular complexity index is 1620. The lowest BCUT2D eigenvalue weighted by Crippen LogP contribution is -2.60. The number of fused-ring (bicyclic) bond motifs is 12. The number of likely N-dealkylation sites (N-methyl/N-ethyl adjacent to an activating group) is 1. The van der Waals surface area contributed by atoms with Gasteiger partial charge in [-0.25, -0.2) is 0 Å². The van der Waals surface area contributed by atoms with E-state index in [1.54, 1.807) is 0 Å². The van der Waals surface area contributed by atoms with Gasteiger partial charge in [0.1, 0.15) is 12.5 Å². The van der Waals surface area contributed by atoms with Gasteiger partial charge in [-0.15, -0.1) is 0 Å². The monoisotopic (exact) mass is 484 g/mol. The number of aromatic nitrogens is 1. The molecule has 4 aromatic rings. The van der Waals surface area contributed by atoms with Crippen LogP contribution in [0.15, 0.2) is 96.7 Å². The molecule has 3 aliphatic heterocycles. The Morgan fingerprint density at radius 2 is 1.41 bits per heavy atom. The van der Waals surface area contributed by atoms with Crippen LogP contribution in [0.1, 0.15) is 30.7 Å². The normalized spacial score (nSPS) is 23.3. The first kappa shape index (κ1) is 22.4. The molecular weight excluding hydrogens is 450 g/mol. The Morgan fingerprint density at radius 3 is 2.22 bits per heavy atom. The van der Waals surface area contributed by atoms with E-state index in [2.05, 4.69) is 140 Å². The molecule has 6 bridgehead atoms. The van der Waals surface area contributed by atoms with Gasteiger partial charge in [-0.05, 0) is 54.8 Å². The molecule has 0 saturated carbocycles. The minimum Gasteiger partial charge on any atom is -0.373 e. The van der Waals surface area contributed by atoms with Gasteiger partial charge >= 0.3 is 0 Å². The van der Waals surface area contributed by atoms with E-state index in [1.165, 1.54) is 56.3 Å². The number of pyridine rings is 1. The number of hydrogen-bond acceptors (Lipinski definition) is 2. The summed E-state index contributed by atoms with van der Waals surface area (Å²) in [6.45, 7) is 9.03. The number of anilines is 2. The molecule has 3 nitrogen and oxygen atoms in total. The molecule has 2 atom stereocenters.